The summed E-state index contributed by atoms with van der Waals surface area (Å²) in [5.41, 5.74) is 8.07. The summed E-state index contributed by atoms with van der Waals surface area (Å²) in [5, 5.41) is 12.0. The standard InChI is InChI=1S/C6H7N3O2/c7-9-8-5(4-10)6-2-1-3-11-6/h1-3,5,10H,4H2. The smallest absolute Gasteiger partial charge is 0.118 e. The van der Waals surface area contributed by atoms with Crippen molar-refractivity contribution in [3.05, 3.63) is 34.6 Å². The van der Waals surface area contributed by atoms with Gasteiger partial charge in [-0.1, -0.05) is 5.11 Å². The van der Waals surface area contributed by atoms with E-state index < -0.39 is 6.04 Å². The van der Waals surface area contributed by atoms with E-state index in [1.807, 2.05) is 0 Å². The Bertz CT molecular complexity index is 251. The summed E-state index contributed by atoms with van der Waals surface area (Å²) in [4.78, 5) is 2.57. The van der Waals surface area contributed by atoms with Crippen molar-refractivity contribution in [1.82, 2.24) is 0 Å². The minimum atomic E-state index is -0.602. The van der Waals surface area contributed by atoms with Crippen LogP contribution < -0.4 is 0 Å². The molecule has 1 heterocycles. The highest BCUT2D eigenvalue weighted by atomic mass is 16.3. The van der Waals surface area contributed by atoms with Gasteiger partial charge in [-0.2, -0.15) is 0 Å². The van der Waals surface area contributed by atoms with Gasteiger partial charge >= 0.3 is 0 Å². The Morgan fingerprint density at radius 3 is 3.09 bits per heavy atom. The third-order valence-corrected chi connectivity index (χ3v) is 1.24. The minimum absolute atomic E-state index is 0.239. The second-order valence-corrected chi connectivity index (χ2v) is 1.92. The summed E-state index contributed by atoms with van der Waals surface area (Å²) in [6.45, 7) is -0.239. The van der Waals surface area contributed by atoms with Crippen LogP contribution in [0.4, 0.5) is 0 Å². The molecule has 0 aliphatic carbocycles. The molecule has 0 fully saturated rings. The third-order valence-electron chi connectivity index (χ3n) is 1.24. The maximum absolute atomic E-state index is 8.70. The van der Waals surface area contributed by atoms with Crippen molar-refractivity contribution in [2.45, 2.75) is 6.04 Å². The number of aliphatic hydroxyl groups is 1. The van der Waals surface area contributed by atoms with E-state index in [-0.39, 0.29) is 6.61 Å². The number of hydrogen-bond donors (Lipinski definition) is 1. The average molecular weight is 153 g/mol. The highest BCUT2D eigenvalue weighted by molar-refractivity contribution is 5.04. The van der Waals surface area contributed by atoms with Gasteiger partial charge in [0.25, 0.3) is 0 Å². The molecule has 0 spiro atoms. The lowest BCUT2D eigenvalue weighted by atomic mass is 10.2. The van der Waals surface area contributed by atoms with Crippen LogP contribution in [0.15, 0.2) is 27.9 Å². The summed E-state index contributed by atoms with van der Waals surface area (Å²) < 4.78 is 4.91. The highest BCUT2D eigenvalue weighted by Gasteiger charge is 2.09. The molecule has 58 valence electrons. The summed E-state index contributed by atoms with van der Waals surface area (Å²) in [5.74, 6) is 0.477. The van der Waals surface area contributed by atoms with Gasteiger partial charge in [-0.25, -0.2) is 0 Å². The van der Waals surface area contributed by atoms with E-state index in [2.05, 4.69) is 10.0 Å². The molecular formula is C6H7N3O2. The van der Waals surface area contributed by atoms with E-state index in [4.69, 9.17) is 15.1 Å². The van der Waals surface area contributed by atoms with Crippen LogP contribution in [-0.4, -0.2) is 11.7 Å². The number of rotatable bonds is 3. The zero-order valence-electron chi connectivity index (χ0n) is 5.71. The Morgan fingerprint density at radius 2 is 2.64 bits per heavy atom. The van der Waals surface area contributed by atoms with Crippen LogP contribution in [-0.2, 0) is 0 Å². The van der Waals surface area contributed by atoms with E-state index >= 15 is 0 Å². The van der Waals surface area contributed by atoms with Gasteiger partial charge in [0.2, 0.25) is 0 Å². The molecule has 0 amide bonds. The van der Waals surface area contributed by atoms with Crippen molar-refractivity contribution >= 4 is 0 Å². The van der Waals surface area contributed by atoms with Crippen molar-refractivity contribution in [2.24, 2.45) is 5.11 Å². The molecule has 0 radical (unpaired) electrons. The molecular weight excluding hydrogens is 146 g/mol. The minimum Gasteiger partial charge on any atom is -0.469 e. The lowest BCUT2D eigenvalue weighted by Crippen LogP contribution is -1.97. The largest absolute Gasteiger partial charge is 0.469 e. The van der Waals surface area contributed by atoms with Crippen molar-refractivity contribution in [1.29, 1.82) is 0 Å². The predicted molar refractivity (Wildman–Crippen MR) is 37.7 cm³/mol. The van der Waals surface area contributed by atoms with Gasteiger partial charge < -0.3 is 9.52 Å². The molecule has 5 nitrogen and oxygen atoms in total. The van der Waals surface area contributed by atoms with Gasteiger partial charge in [0.1, 0.15) is 11.8 Å². The molecule has 1 unspecified atom stereocenters. The van der Waals surface area contributed by atoms with Crippen LogP contribution in [0.5, 0.6) is 0 Å². The molecule has 0 aliphatic rings. The quantitative estimate of drug-likeness (QED) is 0.406. The lowest BCUT2D eigenvalue weighted by molar-refractivity contribution is 0.252. The number of hydrogen-bond acceptors (Lipinski definition) is 3. The molecule has 1 N–H and O–H groups in total. The summed E-state index contributed by atoms with van der Waals surface area (Å²) in [7, 11) is 0. The van der Waals surface area contributed by atoms with Gasteiger partial charge in [0.05, 0.1) is 12.9 Å². The molecule has 1 rings (SSSR count). The van der Waals surface area contributed by atoms with E-state index in [9.17, 15) is 0 Å². The monoisotopic (exact) mass is 153 g/mol. The predicted octanol–water partition coefficient (Wildman–Crippen LogP) is 1.62. The second kappa shape index (κ2) is 3.65. The molecule has 1 aromatic heterocycles. The average Bonchev–Trinajstić information content (AvgIpc) is 2.52. The van der Waals surface area contributed by atoms with Crippen LogP contribution in [0.1, 0.15) is 11.8 Å². The van der Waals surface area contributed by atoms with Gasteiger partial charge in [0.15, 0.2) is 0 Å². The zero-order chi connectivity index (χ0) is 8.10. The molecule has 5 heteroatoms. The molecule has 0 saturated carbocycles. The van der Waals surface area contributed by atoms with Crippen molar-refractivity contribution in [3.8, 4) is 0 Å². The molecule has 1 aromatic rings. The molecule has 11 heavy (non-hydrogen) atoms. The Labute approximate surface area is 62.9 Å². The maximum atomic E-state index is 8.70. The number of nitrogens with zero attached hydrogens (tertiary/aromatic N) is 3. The zero-order valence-corrected chi connectivity index (χ0v) is 5.71. The molecule has 1 atom stereocenters. The SMILES string of the molecule is [N-]=[N+]=NC(CO)c1ccco1. The van der Waals surface area contributed by atoms with E-state index in [0.29, 0.717) is 5.76 Å². The van der Waals surface area contributed by atoms with Gasteiger partial charge in [-0.05, 0) is 17.7 Å². The summed E-state index contributed by atoms with van der Waals surface area (Å²) >= 11 is 0. The van der Waals surface area contributed by atoms with Crippen LogP contribution in [0.25, 0.3) is 10.4 Å². The Morgan fingerprint density at radius 1 is 1.82 bits per heavy atom. The number of furan rings is 1. The second-order valence-electron chi connectivity index (χ2n) is 1.92. The molecule has 0 aliphatic heterocycles. The van der Waals surface area contributed by atoms with E-state index in [1.54, 1.807) is 12.1 Å². The van der Waals surface area contributed by atoms with Crippen LogP contribution in [0.2, 0.25) is 0 Å². The van der Waals surface area contributed by atoms with E-state index in [1.165, 1.54) is 6.26 Å². The fourth-order valence-electron chi connectivity index (χ4n) is 0.727. The molecule has 0 bridgehead atoms. The number of azide groups is 1. The third kappa shape index (κ3) is 1.73. The first-order chi connectivity index (χ1) is 5.38. The number of aliphatic hydroxyl groups excluding tert-OH is 1. The van der Waals surface area contributed by atoms with Crippen molar-refractivity contribution in [2.75, 3.05) is 6.61 Å². The molecule has 0 aromatic carbocycles. The Balaban J connectivity index is 2.79. The van der Waals surface area contributed by atoms with Gasteiger partial charge in [-0.15, -0.1) is 0 Å². The van der Waals surface area contributed by atoms with Gasteiger partial charge in [0, 0.05) is 4.91 Å². The highest BCUT2D eigenvalue weighted by Crippen LogP contribution is 2.16. The Hall–Kier alpha value is -1.45. The first-order valence-electron chi connectivity index (χ1n) is 3.07. The fourth-order valence-corrected chi connectivity index (χ4v) is 0.727. The summed E-state index contributed by atoms with van der Waals surface area (Å²) in [6, 6.07) is 2.72. The Kier molecular flexibility index (Phi) is 2.54. The van der Waals surface area contributed by atoms with Crippen LogP contribution >= 0.6 is 0 Å². The molecule has 0 saturated heterocycles. The lowest BCUT2D eigenvalue weighted by Gasteiger charge is -2.00. The van der Waals surface area contributed by atoms with Crippen molar-refractivity contribution in [3.63, 3.8) is 0 Å². The maximum Gasteiger partial charge on any atom is 0.118 e. The first-order valence-corrected chi connectivity index (χ1v) is 3.07. The summed E-state index contributed by atoms with van der Waals surface area (Å²) in [6.07, 6.45) is 1.46. The van der Waals surface area contributed by atoms with E-state index in [0.717, 1.165) is 0 Å². The topological polar surface area (TPSA) is 82.1 Å². The first kappa shape index (κ1) is 7.65. The normalized spacial score (nSPS) is 12.1. The fraction of sp³-hybridized carbons (Fsp3) is 0.333. The van der Waals surface area contributed by atoms with Gasteiger partial charge in [-0.3, -0.25) is 0 Å². The van der Waals surface area contributed by atoms with Crippen molar-refractivity contribution < 1.29 is 9.52 Å². The van der Waals surface area contributed by atoms with Crippen LogP contribution in [0, 0.1) is 0 Å². The van der Waals surface area contributed by atoms with Crippen LogP contribution in [0.3, 0.4) is 0 Å².